The molecule has 1 fully saturated rings. The van der Waals surface area contributed by atoms with Crippen LogP contribution in [-0.2, 0) is 4.74 Å². The van der Waals surface area contributed by atoms with Gasteiger partial charge in [-0.2, -0.15) is 0 Å². The number of piperidine rings is 1. The largest absolute Gasteiger partial charge is 0.445 e. The summed E-state index contributed by atoms with van der Waals surface area (Å²) in [4.78, 5) is 12.7. The van der Waals surface area contributed by atoms with Crippen LogP contribution in [0.15, 0.2) is 12.7 Å². The lowest BCUT2D eigenvalue weighted by atomic mass is 10.1. The lowest BCUT2D eigenvalue weighted by molar-refractivity contribution is 0.0516. The number of amides is 1. The fourth-order valence-electron chi connectivity index (χ4n) is 1.62. The Hall–Kier alpha value is -1.03. The van der Waals surface area contributed by atoms with Gasteiger partial charge in [-0.15, -0.1) is 6.58 Å². The second-order valence-corrected chi connectivity index (χ2v) is 3.25. The van der Waals surface area contributed by atoms with Crippen LogP contribution < -0.4 is 5.73 Å². The molecule has 1 aliphatic heterocycles. The van der Waals surface area contributed by atoms with Gasteiger partial charge in [-0.1, -0.05) is 6.08 Å². The first kappa shape index (κ1) is 10.1. The standard InChI is InChI=1S/C9H16N2O2/c1-2-5-11-6-3-4-8(7-11)13-9(10)12/h2,8H,1,3-7H2,(H2,10,12)/t8-/m1/s1. The number of ether oxygens (including phenoxy) is 1. The van der Waals surface area contributed by atoms with Crippen LogP contribution in [0.3, 0.4) is 0 Å². The van der Waals surface area contributed by atoms with Gasteiger partial charge in [0, 0.05) is 13.1 Å². The van der Waals surface area contributed by atoms with E-state index in [0.717, 1.165) is 32.5 Å². The number of nitrogens with two attached hydrogens (primary N) is 1. The predicted molar refractivity (Wildman–Crippen MR) is 50.3 cm³/mol. The predicted octanol–water partition coefficient (Wildman–Crippen LogP) is 0.732. The first-order valence-electron chi connectivity index (χ1n) is 4.51. The zero-order chi connectivity index (χ0) is 9.68. The Balaban J connectivity index is 2.32. The topological polar surface area (TPSA) is 55.6 Å². The smallest absolute Gasteiger partial charge is 0.404 e. The first-order chi connectivity index (χ1) is 6.22. The molecule has 4 nitrogen and oxygen atoms in total. The molecule has 1 atom stereocenters. The molecule has 0 aromatic rings. The molecule has 0 aromatic carbocycles. The van der Waals surface area contributed by atoms with Gasteiger partial charge >= 0.3 is 6.09 Å². The van der Waals surface area contributed by atoms with E-state index < -0.39 is 6.09 Å². The van der Waals surface area contributed by atoms with Crippen molar-refractivity contribution in [2.45, 2.75) is 18.9 Å². The Morgan fingerprint density at radius 2 is 2.54 bits per heavy atom. The van der Waals surface area contributed by atoms with Crippen molar-refractivity contribution >= 4 is 6.09 Å². The van der Waals surface area contributed by atoms with Crippen molar-refractivity contribution in [1.82, 2.24) is 4.90 Å². The number of carbonyl (C=O) groups is 1. The van der Waals surface area contributed by atoms with E-state index in [1.54, 1.807) is 0 Å². The van der Waals surface area contributed by atoms with Crippen molar-refractivity contribution in [3.05, 3.63) is 12.7 Å². The molecular weight excluding hydrogens is 168 g/mol. The summed E-state index contributed by atoms with van der Waals surface area (Å²) in [7, 11) is 0. The van der Waals surface area contributed by atoms with Crippen molar-refractivity contribution in [3.8, 4) is 0 Å². The monoisotopic (exact) mass is 184 g/mol. The molecule has 1 aliphatic rings. The number of rotatable bonds is 3. The summed E-state index contributed by atoms with van der Waals surface area (Å²) in [5, 5.41) is 0. The van der Waals surface area contributed by atoms with Crippen LogP contribution in [0.1, 0.15) is 12.8 Å². The van der Waals surface area contributed by atoms with Gasteiger partial charge in [0.25, 0.3) is 0 Å². The molecule has 0 unspecified atom stereocenters. The van der Waals surface area contributed by atoms with Crippen LogP contribution in [0, 0.1) is 0 Å². The molecule has 1 rings (SSSR count). The van der Waals surface area contributed by atoms with E-state index in [0.29, 0.717) is 0 Å². The van der Waals surface area contributed by atoms with Gasteiger partial charge < -0.3 is 10.5 Å². The van der Waals surface area contributed by atoms with E-state index in [4.69, 9.17) is 10.5 Å². The number of hydrogen-bond donors (Lipinski definition) is 1. The van der Waals surface area contributed by atoms with E-state index in [-0.39, 0.29) is 6.10 Å². The van der Waals surface area contributed by atoms with Crippen molar-refractivity contribution in [1.29, 1.82) is 0 Å². The Labute approximate surface area is 78.3 Å². The van der Waals surface area contributed by atoms with Gasteiger partial charge in [-0.05, 0) is 19.4 Å². The minimum absolute atomic E-state index is 0.0359. The average Bonchev–Trinajstić information content (AvgIpc) is 2.04. The molecule has 0 saturated carbocycles. The molecule has 0 aliphatic carbocycles. The summed E-state index contributed by atoms with van der Waals surface area (Å²) >= 11 is 0. The molecule has 0 spiro atoms. The quantitative estimate of drug-likeness (QED) is 0.658. The van der Waals surface area contributed by atoms with E-state index in [2.05, 4.69) is 11.5 Å². The summed E-state index contributed by atoms with van der Waals surface area (Å²) in [5.74, 6) is 0. The summed E-state index contributed by atoms with van der Waals surface area (Å²) in [6, 6.07) is 0. The Bertz CT molecular complexity index is 194. The number of nitrogens with zero attached hydrogens (tertiary/aromatic N) is 1. The molecule has 2 N–H and O–H groups in total. The number of carbonyl (C=O) groups excluding carboxylic acids is 1. The number of primary amides is 1. The Morgan fingerprint density at radius 1 is 1.77 bits per heavy atom. The highest BCUT2D eigenvalue weighted by Gasteiger charge is 2.20. The van der Waals surface area contributed by atoms with E-state index in [1.165, 1.54) is 0 Å². The Kier molecular flexibility index (Phi) is 3.76. The van der Waals surface area contributed by atoms with Crippen LogP contribution >= 0.6 is 0 Å². The third kappa shape index (κ3) is 3.46. The van der Waals surface area contributed by atoms with Crippen LogP contribution in [0.5, 0.6) is 0 Å². The fourth-order valence-corrected chi connectivity index (χ4v) is 1.62. The van der Waals surface area contributed by atoms with Crippen molar-refractivity contribution in [2.75, 3.05) is 19.6 Å². The van der Waals surface area contributed by atoms with Gasteiger partial charge in [0.05, 0.1) is 0 Å². The summed E-state index contributed by atoms with van der Waals surface area (Å²) in [5.41, 5.74) is 4.94. The highest BCUT2D eigenvalue weighted by atomic mass is 16.6. The van der Waals surface area contributed by atoms with E-state index >= 15 is 0 Å². The molecule has 13 heavy (non-hydrogen) atoms. The van der Waals surface area contributed by atoms with Crippen LogP contribution in [-0.4, -0.2) is 36.7 Å². The Morgan fingerprint density at radius 3 is 3.15 bits per heavy atom. The van der Waals surface area contributed by atoms with Crippen molar-refractivity contribution in [2.24, 2.45) is 5.73 Å². The minimum atomic E-state index is -0.676. The molecule has 1 heterocycles. The van der Waals surface area contributed by atoms with E-state index in [1.807, 2.05) is 6.08 Å². The molecule has 74 valence electrons. The molecule has 0 bridgehead atoms. The normalized spacial score (nSPS) is 23.8. The highest BCUT2D eigenvalue weighted by Crippen LogP contribution is 2.12. The third-order valence-corrected chi connectivity index (χ3v) is 2.13. The fraction of sp³-hybridized carbons (Fsp3) is 0.667. The molecule has 1 saturated heterocycles. The van der Waals surface area contributed by atoms with Gasteiger partial charge in [-0.3, -0.25) is 4.90 Å². The lowest BCUT2D eigenvalue weighted by Crippen LogP contribution is -2.41. The molecular formula is C9H16N2O2. The zero-order valence-corrected chi connectivity index (χ0v) is 7.74. The van der Waals surface area contributed by atoms with Gasteiger partial charge in [0.2, 0.25) is 0 Å². The molecule has 0 radical (unpaired) electrons. The maximum atomic E-state index is 10.5. The molecule has 4 heteroatoms. The van der Waals surface area contributed by atoms with Crippen LogP contribution in [0.25, 0.3) is 0 Å². The maximum absolute atomic E-state index is 10.5. The van der Waals surface area contributed by atoms with Crippen molar-refractivity contribution < 1.29 is 9.53 Å². The maximum Gasteiger partial charge on any atom is 0.404 e. The van der Waals surface area contributed by atoms with Gasteiger partial charge in [0.1, 0.15) is 6.10 Å². The number of likely N-dealkylation sites (tertiary alicyclic amines) is 1. The first-order valence-corrected chi connectivity index (χ1v) is 4.51. The minimum Gasteiger partial charge on any atom is -0.445 e. The van der Waals surface area contributed by atoms with Crippen LogP contribution in [0.2, 0.25) is 0 Å². The summed E-state index contributed by atoms with van der Waals surface area (Å²) in [6.07, 6.45) is 3.10. The average molecular weight is 184 g/mol. The summed E-state index contributed by atoms with van der Waals surface area (Å²) < 4.78 is 4.93. The van der Waals surface area contributed by atoms with Gasteiger partial charge in [0.15, 0.2) is 0 Å². The van der Waals surface area contributed by atoms with Gasteiger partial charge in [-0.25, -0.2) is 4.79 Å². The zero-order valence-electron chi connectivity index (χ0n) is 7.74. The third-order valence-electron chi connectivity index (χ3n) is 2.13. The summed E-state index contributed by atoms with van der Waals surface area (Å²) in [6.45, 7) is 6.33. The lowest BCUT2D eigenvalue weighted by Gasteiger charge is -2.30. The molecule has 0 aromatic heterocycles. The van der Waals surface area contributed by atoms with E-state index in [9.17, 15) is 4.79 Å². The molecule has 1 amide bonds. The number of hydrogen-bond acceptors (Lipinski definition) is 3. The second kappa shape index (κ2) is 4.87. The van der Waals surface area contributed by atoms with Crippen LogP contribution in [0.4, 0.5) is 4.79 Å². The van der Waals surface area contributed by atoms with Crippen molar-refractivity contribution in [3.63, 3.8) is 0 Å². The SMILES string of the molecule is C=CCN1CCC[C@@H](OC(N)=O)C1. The second-order valence-electron chi connectivity index (χ2n) is 3.25. The highest BCUT2D eigenvalue weighted by molar-refractivity contribution is 5.64.